The number of carbonyl (C=O) groups excluding carboxylic acids is 1. The molecule has 0 fully saturated rings. The van der Waals surface area contributed by atoms with Gasteiger partial charge >= 0.3 is 0 Å². The molecule has 1 N–H and O–H groups in total. The van der Waals surface area contributed by atoms with E-state index in [4.69, 9.17) is 4.42 Å². The monoisotopic (exact) mass is 388 g/mol. The highest BCUT2D eigenvalue weighted by atomic mass is 79.9. The predicted octanol–water partition coefficient (Wildman–Crippen LogP) is 4.98. The van der Waals surface area contributed by atoms with Crippen molar-refractivity contribution in [2.45, 2.75) is 10.6 Å². The van der Waals surface area contributed by atoms with Crippen LogP contribution in [0.3, 0.4) is 0 Å². The molecular formula is C17H13BrN2O2S. The smallest absolute Gasteiger partial charge is 0.292 e. The van der Waals surface area contributed by atoms with Gasteiger partial charge in [0.15, 0.2) is 5.76 Å². The van der Waals surface area contributed by atoms with E-state index < -0.39 is 0 Å². The minimum Gasteiger partial charge on any atom is -0.459 e. The molecule has 116 valence electrons. The highest BCUT2D eigenvalue weighted by Gasteiger charge is 2.16. The molecule has 0 unspecified atom stereocenters. The zero-order chi connectivity index (χ0) is 16.1. The molecule has 2 heterocycles. The number of anilines is 1. The number of amides is 1. The Hall–Kier alpha value is -2.05. The van der Waals surface area contributed by atoms with Crippen LogP contribution in [0.1, 0.15) is 16.1 Å². The van der Waals surface area contributed by atoms with Crippen LogP contribution in [0.2, 0.25) is 0 Å². The van der Waals surface area contributed by atoms with Crippen molar-refractivity contribution in [2.24, 2.45) is 0 Å². The molecule has 0 saturated carbocycles. The fourth-order valence-corrected chi connectivity index (χ4v) is 3.08. The molecule has 3 rings (SSSR count). The molecule has 4 nitrogen and oxygen atoms in total. The first kappa shape index (κ1) is 15.8. The molecule has 1 aromatic carbocycles. The summed E-state index contributed by atoms with van der Waals surface area (Å²) in [6.07, 6.45) is 3.16. The number of aromatic nitrogens is 1. The molecule has 0 bridgehead atoms. The van der Waals surface area contributed by atoms with Crippen molar-refractivity contribution in [3.05, 3.63) is 76.8 Å². The lowest BCUT2D eigenvalue weighted by Crippen LogP contribution is -2.13. The summed E-state index contributed by atoms with van der Waals surface area (Å²) >= 11 is 4.96. The number of nitrogens with zero attached hydrogens (tertiary/aromatic N) is 1. The second kappa shape index (κ2) is 7.48. The second-order valence-corrected chi connectivity index (χ2v) is 6.66. The third kappa shape index (κ3) is 4.24. The van der Waals surface area contributed by atoms with E-state index in [1.807, 2.05) is 42.5 Å². The van der Waals surface area contributed by atoms with Gasteiger partial charge in [0.1, 0.15) is 5.82 Å². The summed E-state index contributed by atoms with van der Waals surface area (Å²) in [6.45, 7) is 0. The van der Waals surface area contributed by atoms with Gasteiger partial charge in [0.25, 0.3) is 5.91 Å². The van der Waals surface area contributed by atoms with Gasteiger partial charge in [0, 0.05) is 26.9 Å². The van der Waals surface area contributed by atoms with E-state index in [9.17, 15) is 4.79 Å². The third-order valence-corrected chi connectivity index (χ3v) is 4.59. The summed E-state index contributed by atoms with van der Waals surface area (Å²) in [7, 11) is 0. The van der Waals surface area contributed by atoms with E-state index in [1.54, 1.807) is 24.0 Å². The van der Waals surface area contributed by atoms with Crippen molar-refractivity contribution in [3.8, 4) is 0 Å². The van der Waals surface area contributed by atoms with Gasteiger partial charge < -0.3 is 9.73 Å². The summed E-state index contributed by atoms with van der Waals surface area (Å²) in [5.74, 6) is 1.17. The van der Waals surface area contributed by atoms with E-state index in [2.05, 4.69) is 26.2 Å². The maximum Gasteiger partial charge on any atom is 0.292 e. The van der Waals surface area contributed by atoms with Gasteiger partial charge in [0.2, 0.25) is 0 Å². The first-order chi connectivity index (χ1) is 11.2. The Balaban J connectivity index is 1.67. The molecule has 23 heavy (non-hydrogen) atoms. The zero-order valence-corrected chi connectivity index (χ0v) is 14.4. The first-order valence-corrected chi connectivity index (χ1v) is 8.67. The van der Waals surface area contributed by atoms with Gasteiger partial charge in [-0.05, 0) is 46.3 Å². The molecule has 0 aliphatic rings. The van der Waals surface area contributed by atoms with Crippen molar-refractivity contribution in [1.82, 2.24) is 4.98 Å². The first-order valence-electron chi connectivity index (χ1n) is 6.89. The van der Waals surface area contributed by atoms with Gasteiger partial charge in [-0.1, -0.05) is 18.2 Å². The summed E-state index contributed by atoms with van der Waals surface area (Å²) in [5.41, 5.74) is 0.855. The van der Waals surface area contributed by atoms with Crippen LogP contribution in [-0.4, -0.2) is 10.9 Å². The van der Waals surface area contributed by atoms with E-state index in [0.717, 1.165) is 14.9 Å². The Morgan fingerprint density at radius 3 is 2.74 bits per heavy atom. The average Bonchev–Trinajstić information content (AvgIpc) is 3.05. The molecule has 3 aromatic rings. The standard InChI is InChI=1S/C17H13BrN2O2S/c18-13-6-7-15(19-10-13)20-17(21)16-12(8-9-22-16)11-23-14-4-2-1-3-5-14/h1-10H,11H2,(H,19,20,21). The largest absolute Gasteiger partial charge is 0.459 e. The summed E-state index contributed by atoms with van der Waals surface area (Å²) < 4.78 is 6.20. The van der Waals surface area contributed by atoms with E-state index >= 15 is 0 Å². The van der Waals surface area contributed by atoms with E-state index in [-0.39, 0.29) is 5.91 Å². The van der Waals surface area contributed by atoms with E-state index in [1.165, 1.54) is 6.26 Å². The summed E-state index contributed by atoms with van der Waals surface area (Å²) in [5, 5.41) is 2.74. The number of hydrogen-bond acceptors (Lipinski definition) is 4. The molecule has 0 spiro atoms. The quantitative estimate of drug-likeness (QED) is 0.626. The Morgan fingerprint density at radius 1 is 1.17 bits per heavy atom. The summed E-state index contributed by atoms with van der Waals surface area (Å²) in [4.78, 5) is 17.6. The van der Waals surface area contributed by atoms with Crippen molar-refractivity contribution < 1.29 is 9.21 Å². The maximum absolute atomic E-state index is 12.3. The number of pyridine rings is 1. The number of nitrogens with one attached hydrogen (secondary N) is 1. The second-order valence-electron chi connectivity index (χ2n) is 4.69. The number of benzene rings is 1. The molecule has 0 saturated heterocycles. The van der Waals surface area contributed by atoms with Gasteiger partial charge in [-0.15, -0.1) is 11.8 Å². The normalized spacial score (nSPS) is 10.5. The highest BCUT2D eigenvalue weighted by Crippen LogP contribution is 2.25. The Labute approximate surface area is 146 Å². The van der Waals surface area contributed by atoms with Crippen molar-refractivity contribution >= 4 is 39.4 Å². The number of thioether (sulfide) groups is 1. The Kier molecular flexibility index (Phi) is 5.15. The van der Waals surface area contributed by atoms with Gasteiger partial charge in [-0.3, -0.25) is 4.79 Å². The predicted molar refractivity (Wildman–Crippen MR) is 94.6 cm³/mol. The van der Waals surface area contributed by atoms with E-state index in [0.29, 0.717) is 17.3 Å². The zero-order valence-electron chi connectivity index (χ0n) is 12.0. The lowest BCUT2D eigenvalue weighted by molar-refractivity contribution is 0.0995. The lowest BCUT2D eigenvalue weighted by Gasteiger charge is -2.05. The Bertz CT molecular complexity index is 788. The van der Waals surface area contributed by atoms with Crippen molar-refractivity contribution in [3.63, 3.8) is 0 Å². The maximum atomic E-state index is 12.3. The number of hydrogen-bond donors (Lipinski definition) is 1. The highest BCUT2D eigenvalue weighted by molar-refractivity contribution is 9.10. The fraction of sp³-hybridized carbons (Fsp3) is 0.0588. The third-order valence-electron chi connectivity index (χ3n) is 3.06. The van der Waals surface area contributed by atoms with Gasteiger partial charge in [0.05, 0.1) is 6.26 Å². The average molecular weight is 389 g/mol. The van der Waals surface area contributed by atoms with Crippen LogP contribution >= 0.6 is 27.7 Å². The van der Waals surface area contributed by atoms with Gasteiger partial charge in [-0.25, -0.2) is 4.98 Å². The molecule has 6 heteroatoms. The molecule has 0 atom stereocenters. The molecule has 0 aliphatic carbocycles. The molecule has 2 aromatic heterocycles. The molecular weight excluding hydrogens is 376 g/mol. The topological polar surface area (TPSA) is 55.1 Å². The van der Waals surface area contributed by atoms with Gasteiger partial charge in [-0.2, -0.15) is 0 Å². The molecule has 0 aliphatic heterocycles. The SMILES string of the molecule is O=C(Nc1ccc(Br)cn1)c1occc1CSc1ccccc1. The number of halogens is 1. The van der Waals surface area contributed by atoms with Crippen LogP contribution in [0.5, 0.6) is 0 Å². The van der Waals surface area contributed by atoms with Crippen molar-refractivity contribution in [2.75, 3.05) is 5.32 Å². The molecule has 1 amide bonds. The Morgan fingerprint density at radius 2 is 2.00 bits per heavy atom. The van der Waals surface area contributed by atoms with Crippen LogP contribution < -0.4 is 5.32 Å². The van der Waals surface area contributed by atoms with Crippen LogP contribution in [-0.2, 0) is 5.75 Å². The van der Waals surface area contributed by atoms with Crippen LogP contribution in [0.4, 0.5) is 5.82 Å². The minimum absolute atomic E-state index is 0.298. The minimum atomic E-state index is -0.298. The molecule has 0 radical (unpaired) electrons. The fourth-order valence-electron chi connectivity index (χ4n) is 1.95. The van der Waals surface area contributed by atoms with Crippen molar-refractivity contribution in [1.29, 1.82) is 0 Å². The number of carbonyl (C=O) groups is 1. The van der Waals surface area contributed by atoms with Crippen LogP contribution in [0.15, 0.2) is 74.8 Å². The van der Waals surface area contributed by atoms with Crippen LogP contribution in [0.25, 0.3) is 0 Å². The summed E-state index contributed by atoms with van der Waals surface area (Å²) in [6, 6.07) is 15.4. The lowest BCUT2D eigenvalue weighted by atomic mass is 10.2. The number of rotatable bonds is 5. The van der Waals surface area contributed by atoms with Crippen LogP contribution in [0, 0.1) is 0 Å². The number of furan rings is 1.